The molecule has 0 aromatic rings. The van der Waals surface area contributed by atoms with Crippen molar-refractivity contribution < 1.29 is 57.4 Å². The summed E-state index contributed by atoms with van der Waals surface area (Å²) in [5.41, 5.74) is 0. The molecule has 0 aliphatic heterocycles. The molecule has 350 valence electrons. The normalized spacial score (nSPS) is 15.9. The summed E-state index contributed by atoms with van der Waals surface area (Å²) in [5.74, 6) is -1.20. The summed E-state index contributed by atoms with van der Waals surface area (Å²) in [6.45, 7) is 3.83. The van der Waals surface area contributed by atoms with Gasteiger partial charge in [-0.3, -0.25) is 18.6 Å². The monoisotopic (exact) mass is 881 g/mol. The van der Waals surface area contributed by atoms with Gasteiger partial charge < -0.3 is 34.2 Å². The molecular formula is C48H83NO11P+. The summed E-state index contributed by atoms with van der Waals surface area (Å²) < 4.78 is 34.0. The summed E-state index contributed by atoms with van der Waals surface area (Å²) in [6, 6.07) is 0. The number of esters is 2. The predicted molar refractivity (Wildman–Crippen MR) is 247 cm³/mol. The van der Waals surface area contributed by atoms with E-state index in [1.807, 2.05) is 33.3 Å². The average molecular weight is 881 g/mol. The number of ether oxygens (including phenoxy) is 2. The number of allylic oxidation sites excluding steroid dienone is 12. The Hall–Kier alpha value is -2.93. The molecule has 1 unspecified atom stereocenters. The van der Waals surface area contributed by atoms with Crippen LogP contribution in [0.25, 0.3) is 0 Å². The second-order valence-corrected chi connectivity index (χ2v) is 17.7. The number of aliphatic hydroxyl groups excluding tert-OH is 3. The van der Waals surface area contributed by atoms with Crippen molar-refractivity contribution in [1.29, 1.82) is 0 Å². The number of nitrogens with zero attached hydrogens (tertiary/aromatic N) is 1. The Labute approximate surface area is 369 Å². The molecule has 0 saturated carbocycles. The number of quaternary nitrogens is 1. The molecule has 0 aromatic heterocycles. The third kappa shape index (κ3) is 40.9. The van der Waals surface area contributed by atoms with Crippen molar-refractivity contribution >= 4 is 19.8 Å². The van der Waals surface area contributed by atoms with Crippen LogP contribution in [0.1, 0.15) is 136 Å². The van der Waals surface area contributed by atoms with Crippen LogP contribution in [0.2, 0.25) is 0 Å². The highest BCUT2D eigenvalue weighted by atomic mass is 31.2. The first-order valence-electron chi connectivity index (χ1n) is 22.6. The Kier molecular flexibility index (Phi) is 36.9. The van der Waals surface area contributed by atoms with E-state index in [4.69, 9.17) is 18.5 Å². The molecule has 0 radical (unpaired) electrons. The number of phosphoric ester groups is 1. The van der Waals surface area contributed by atoms with Gasteiger partial charge in [-0.25, -0.2) is 4.57 Å². The van der Waals surface area contributed by atoms with Gasteiger partial charge in [0.25, 0.3) is 0 Å². The maximum absolute atomic E-state index is 12.7. The highest BCUT2D eigenvalue weighted by molar-refractivity contribution is 7.47. The van der Waals surface area contributed by atoms with Crippen molar-refractivity contribution in [3.8, 4) is 0 Å². The molecule has 0 aromatic carbocycles. The molecule has 0 bridgehead atoms. The smallest absolute Gasteiger partial charge is 0.462 e. The zero-order valence-corrected chi connectivity index (χ0v) is 39.1. The highest BCUT2D eigenvalue weighted by Crippen LogP contribution is 2.43. The molecule has 4 N–H and O–H groups in total. The van der Waals surface area contributed by atoms with Gasteiger partial charge in [0.1, 0.15) is 19.8 Å². The van der Waals surface area contributed by atoms with Crippen molar-refractivity contribution in [2.45, 2.75) is 160 Å². The Morgan fingerprint density at radius 1 is 0.623 bits per heavy atom. The van der Waals surface area contributed by atoms with Crippen molar-refractivity contribution in [3.05, 3.63) is 85.1 Å². The molecule has 0 aliphatic carbocycles. The number of phosphoric acid groups is 1. The van der Waals surface area contributed by atoms with Gasteiger partial charge in [-0.05, 0) is 57.8 Å². The average Bonchev–Trinajstić information content (AvgIpc) is 3.20. The zero-order valence-electron chi connectivity index (χ0n) is 38.2. The van der Waals surface area contributed by atoms with Gasteiger partial charge in [-0.1, -0.05) is 150 Å². The van der Waals surface area contributed by atoms with Gasteiger partial charge >= 0.3 is 19.8 Å². The molecular weight excluding hydrogens is 797 g/mol. The van der Waals surface area contributed by atoms with E-state index in [0.717, 1.165) is 44.9 Å². The minimum atomic E-state index is -4.48. The maximum Gasteiger partial charge on any atom is 0.472 e. The highest BCUT2D eigenvalue weighted by Gasteiger charge is 2.27. The number of unbranched alkanes of at least 4 members (excludes halogenated alkanes) is 9. The van der Waals surface area contributed by atoms with Gasteiger partial charge in [0, 0.05) is 12.8 Å². The summed E-state index contributed by atoms with van der Waals surface area (Å²) in [7, 11) is 1.24. The second-order valence-electron chi connectivity index (χ2n) is 16.3. The second kappa shape index (κ2) is 38.7. The first-order chi connectivity index (χ1) is 29.2. The van der Waals surface area contributed by atoms with Gasteiger partial charge in [0.05, 0.1) is 46.1 Å². The molecule has 0 fully saturated rings. The predicted octanol–water partition coefficient (Wildman–Crippen LogP) is 9.71. The minimum Gasteiger partial charge on any atom is -0.462 e. The van der Waals surface area contributed by atoms with Gasteiger partial charge in [0.15, 0.2) is 6.10 Å². The van der Waals surface area contributed by atoms with E-state index in [-0.39, 0.29) is 32.3 Å². The van der Waals surface area contributed by atoms with E-state index < -0.39 is 57.4 Å². The number of likely N-dealkylation sites (N-methyl/N-ethyl adjacent to an activating group) is 1. The Balaban J connectivity index is 4.77. The van der Waals surface area contributed by atoms with Crippen LogP contribution in [0, 0.1) is 0 Å². The number of hydrogen-bond donors (Lipinski definition) is 4. The van der Waals surface area contributed by atoms with E-state index in [1.54, 1.807) is 42.5 Å². The lowest BCUT2D eigenvalue weighted by atomic mass is 10.1. The number of aliphatic hydroxyl groups is 3. The van der Waals surface area contributed by atoms with Crippen molar-refractivity contribution in [3.63, 3.8) is 0 Å². The molecule has 0 aliphatic rings. The van der Waals surface area contributed by atoms with Crippen LogP contribution in [0.5, 0.6) is 0 Å². The first kappa shape index (κ1) is 58.1. The lowest BCUT2D eigenvalue weighted by molar-refractivity contribution is -0.870. The summed E-state index contributed by atoms with van der Waals surface area (Å²) in [5, 5.41) is 30.5. The number of hydrogen-bond acceptors (Lipinski definition) is 10. The zero-order chi connectivity index (χ0) is 45.5. The maximum atomic E-state index is 12.7. The third-order valence-corrected chi connectivity index (χ3v) is 10.2. The van der Waals surface area contributed by atoms with Gasteiger partial charge in [-0.2, -0.15) is 0 Å². The van der Waals surface area contributed by atoms with E-state index >= 15 is 0 Å². The SMILES string of the molecule is CCCCCCCC/C=C\C/C=C\C/C=C\CCCC(=O)O[C@H](COC(=O)CCC[C@@H](O)[C@H](O)/C=C/C=C/C=C\C=C\[C@H](O)CCCCC)COP(=O)(O)OCC[N+](C)(C)C. The van der Waals surface area contributed by atoms with Crippen LogP contribution in [0.4, 0.5) is 0 Å². The lowest BCUT2D eigenvalue weighted by Gasteiger charge is -2.24. The lowest BCUT2D eigenvalue weighted by Crippen LogP contribution is -2.37. The first-order valence-corrected chi connectivity index (χ1v) is 24.1. The standard InChI is InChI=1S/C48H82NO11P/c1-6-8-10-11-12-13-14-15-16-17-18-19-20-21-22-27-31-37-48(54)60-44(42-59-61(55,56)58-40-39-49(3,4)5)41-57-47(53)38-32-36-46(52)45(51)35-30-26-24-23-25-29-34-43(50)33-28-9-7-2/h15-16,18-19,21-26,29-30,34-35,43-46,50-52H,6-14,17,20,27-28,31-33,36-42H2,1-5H3/p+1/b16-15-,19-18-,22-21-,25-23-,26-24+,34-29+,35-30+/t43-,44-,45-,46-/m1/s1. The van der Waals surface area contributed by atoms with Crippen LogP contribution in [-0.2, 0) is 32.7 Å². The molecule has 5 atom stereocenters. The molecule has 0 spiro atoms. The Bertz CT molecular complexity index is 1370. The van der Waals surface area contributed by atoms with Crippen LogP contribution >= 0.6 is 7.82 Å². The van der Waals surface area contributed by atoms with E-state index in [2.05, 4.69) is 38.2 Å². The van der Waals surface area contributed by atoms with Crippen molar-refractivity contribution in [1.82, 2.24) is 0 Å². The fraction of sp³-hybridized carbons (Fsp3) is 0.667. The topological polar surface area (TPSA) is 169 Å². The van der Waals surface area contributed by atoms with Crippen molar-refractivity contribution in [2.24, 2.45) is 0 Å². The van der Waals surface area contributed by atoms with Crippen LogP contribution in [0.3, 0.4) is 0 Å². The molecule has 0 amide bonds. The van der Waals surface area contributed by atoms with Crippen LogP contribution in [0.15, 0.2) is 85.1 Å². The minimum absolute atomic E-state index is 0.0373. The molecule has 61 heavy (non-hydrogen) atoms. The third-order valence-electron chi connectivity index (χ3n) is 9.26. The summed E-state index contributed by atoms with van der Waals surface area (Å²) in [6.07, 6.45) is 38.7. The van der Waals surface area contributed by atoms with Gasteiger partial charge in [0.2, 0.25) is 0 Å². The Morgan fingerprint density at radius 2 is 1.18 bits per heavy atom. The summed E-state index contributed by atoms with van der Waals surface area (Å²) in [4.78, 5) is 35.4. The van der Waals surface area contributed by atoms with Crippen LogP contribution in [-0.4, -0.2) is 109 Å². The molecule has 0 rings (SSSR count). The van der Waals surface area contributed by atoms with Gasteiger partial charge in [-0.15, -0.1) is 0 Å². The van der Waals surface area contributed by atoms with Crippen molar-refractivity contribution in [2.75, 3.05) is 47.5 Å². The number of carbonyl (C=O) groups is 2. The molecule has 13 heteroatoms. The quantitative estimate of drug-likeness (QED) is 0.0116. The fourth-order valence-electron chi connectivity index (χ4n) is 5.53. The number of rotatable bonds is 39. The van der Waals surface area contributed by atoms with E-state index in [1.165, 1.54) is 44.6 Å². The molecule has 0 saturated heterocycles. The van der Waals surface area contributed by atoms with E-state index in [0.29, 0.717) is 23.9 Å². The van der Waals surface area contributed by atoms with Crippen LogP contribution < -0.4 is 0 Å². The van der Waals surface area contributed by atoms with E-state index in [9.17, 15) is 34.4 Å². The fourth-order valence-corrected chi connectivity index (χ4v) is 6.27. The Morgan fingerprint density at radius 3 is 1.84 bits per heavy atom. The molecule has 0 heterocycles. The number of carbonyl (C=O) groups excluding carboxylic acids is 2. The summed E-state index contributed by atoms with van der Waals surface area (Å²) >= 11 is 0. The molecule has 12 nitrogen and oxygen atoms in total. The largest absolute Gasteiger partial charge is 0.472 e.